The molecule has 0 aliphatic carbocycles. The van der Waals surface area contributed by atoms with Crippen molar-refractivity contribution in [3.8, 4) is 0 Å². The normalized spacial score (nSPS) is 13.6. The van der Waals surface area contributed by atoms with Gasteiger partial charge in [-0.3, -0.25) is 4.79 Å². The Bertz CT molecular complexity index is 527. The van der Waals surface area contributed by atoms with Crippen LogP contribution in [0.25, 0.3) is 5.57 Å². The molecule has 1 rings (SSSR count). The third-order valence-corrected chi connectivity index (χ3v) is 2.99. The molecular formula is C18H25NO3. The van der Waals surface area contributed by atoms with Crippen LogP contribution in [0.4, 0.5) is 4.79 Å². The number of aldehydes is 1. The summed E-state index contributed by atoms with van der Waals surface area (Å²) in [6.45, 7) is 9.40. The van der Waals surface area contributed by atoms with E-state index in [1.165, 1.54) is 0 Å². The Hall–Kier alpha value is -2.10. The Balaban J connectivity index is 2.93. The molecule has 22 heavy (non-hydrogen) atoms. The van der Waals surface area contributed by atoms with Gasteiger partial charge in [0.25, 0.3) is 0 Å². The van der Waals surface area contributed by atoms with E-state index in [2.05, 4.69) is 5.32 Å². The van der Waals surface area contributed by atoms with Gasteiger partial charge in [-0.15, -0.1) is 0 Å². The van der Waals surface area contributed by atoms with Crippen LogP contribution in [0.5, 0.6) is 0 Å². The van der Waals surface area contributed by atoms with Crippen LogP contribution in [0.1, 0.15) is 40.2 Å². The SMILES string of the molecule is CC(C)C(C=C(C=O)c1ccccc1)NC(=O)OC(C)(C)C. The van der Waals surface area contributed by atoms with Crippen LogP contribution in [-0.4, -0.2) is 24.0 Å². The van der Waals surface area contributed by atoms with Crippen molar-refractivity contribution in [1.82, 2.24) is 5.32 Å². The number of amides is 1. The Morgan fingerprint density at radius 1 is 1.18 bits per heavy atom. The second kappa shape index (κ2) is 7.78. The number of hydrogen-bond acceptors (Lipinski definition) is 3. The standard InChI is InChI=1S/C18H25NO3/c1-13(2)16(19-17(21)22-18(3,4)5)11-15(12-20)14-9-7-6-8-10-14/h6-13,16H,1-5H3,(H,19,21). The van der Waals surface area contributed by atoms with Gasteiger partial charge in [-0.25, -0.2) is 4.79 Å². The molecule has 0 radical (unpaired) electrons. The topological polar surface area (TPSA) is 55.4 Å². The van der Waals surface area contributed by atoms with Gasteiger partial charge in [-0.1, -0.05) is 50.3 Å². The van der Waals surface area contributed by atoms with Crippen LogP contribution in [0, 0.1) is 5.92 Å². The Kier molecular flexibility index (Phi) is 6.35. The molecule has 0 heterocycles. The molecule has 0 saturated carbocycles. The van der Waals surface area contributed by atoms with E-state index in [1.807, 2.05) is 65.0 Å². The van der Waals surface area contributed by atoms with E-state index in [4.69, 9.17) is 4.74 Å². The van der Waals surface area contributed by atoms with E-state index in [0.29, 0.717) is 5.57 Å². The summed E-state index contributed by atoms with van der Waals surface area (Å²) in [6, 6.07) is 9.09. The van der Waals surface area contributed by atoms with Crippen molar-refractivity contribution in [3.05, 3.63) is 42.0 Å². The molecule has 1 N–H and O–H groups in total. The van der Waals surface area contributed by atoms with Gasteiger partial charge in [-0.05, 0) is 32.3 Å². The smallest absolute Gasteiger partial charge is 0.408 e. The van der Waals surface area contributed by atoms with E-state index in [-0.39, 0.29) is 12.0 Å². The van der Waals surface area contributed by atoms with Crippen LogP contribution in [0.15, 0.2) is 36.4 Å². The molecule has 0 aliphatic heterocycles. The van der Waals surface area contributed by atoms with Gasteiger partial charge in [0.15, 0.2) is 0 Å². The van der Waals surface area contributed by atoms with Crippen molar-refractivity contribution in [2.75, 3.05) is 0 Å². The molecule has 0 spiro atoms. The first-order valence-electron chi connectivity index (χ1n) is 7.45. The minimum Gasteiger partial charge on any atom is -0.444 e. The average molecular weight is 303 g/mol. The third kappa shape index (κ3) is 6.12. The molecule has 0 bridgehead atoms. The summed E-state index contributed by atoms with van der Waals surface area (Å²) >= 11 is 0. The minimum absolute atomic E-state index is 0.131. The largest absolute Gasteiger partial charge is 0.444 e. The summed E-state index contributed by atoms with van der Waals surface area (Å²) in [5.74, 6) is 0.131. The summed E-state index contributed by atoms with van der Waals surface area (Å²) < 4.78 is 5.27. The lowest BCUT2D eigenvalue weighted by Crippen LogP contribution is -2.40. The summed E-state index contributed by atoms with van der Waals surface area (Å²) in [6.07, 6.45) is 2.10. The second-order valence-electron chi connectivity index (χ2n) is 6.52. The highest BCUT2D eigenvalue weighted by Gasteiger charge is 2.20. The first-order chi connectivity index (χ1) is 10.2. The lowest BCUT2D eigenvalue weighted by Gasteiger charge is -2.24. The van der Waals surface area contributed by atoms with Gasteiger partial charge >= 0.3 is 6.09 Å². The Labute approximate surface area is 132 Å². The van der Waals surface area contributed by atoms with Crippen LogP contribution in [0.3, 0.4) is 0 Å². The minimum atomic E-state index is -0.553. The molecule has 0 saturated heterocycles. The highest BCUT2D eigenvalue weighted by molar-refractivity contribution is 6.07. The van der Waals surface area contributed by atoms with Gasteiger partial charge in [0.1, 0.15) is 11.9 Å². The number of rotatable bonds is 5. The molecule has 1 unspecified atom stereocenters. The quantitative estimate of drug-likeness (QED) is 0.664. The predicted octanol–water partition coefficient (Wildman–Crippen LogP) is 3.82. The highest BCUT2D eigenvalue weighted by atomic mass is 16.6. The number of nitrogens with one attached hydrogen (secondary N) is 1. The third-order valence-electron chi connectivity index (χ3n) is 2.99. The summed E-state index contributed by atoms with van der Waals surface area (Å²) in [5.41, 5.74) is 0.826. The molecule has 1 aromatic rings. The molecule has 0 fully saturated rings. The summed E-state index contributed by atoms with van der Waals surface area (Å²) in [7, 11) is 0. The molecule has 120 valence electrons. The van der Waals surface area contributed by atoms with E-state index < -0.39 is 11.7 Å². The van der Waals surface area contributed by atoms with Gasteiger partial charge in [0.2, 0.25) is 0 Å². The first kappa shape index (κ1) is 18.0. The Morgan fingerprint density at radius 2 is 1.77 bits per heavy atom. The van der Waals surface area contributed by atoms with E-state index >= 15 is 0 Å². The maximum Gasteiger partial charge on any atom is 0.408 e. The predicted molar refractivity (Wildman–Crippen MR) is 88.5 cm³/mol. The van der Waals surface area contributed by atoms with Crippen molar-refractivity contribution < 1.29 is 14.3 Å². The first-order valence-corrected chi connectivity index (χ1v) is 7.45. The zero-order chi connectivity index (χ0) is 16.8. The van der Waals surface area contributed by atoms with E-state index in [1.54, 1.807) is 6.08 Å². The number of hydrogen-bond donors (Lipinski definition) is 1. The van der Waals surface area contributed by atoms with Gasteiger partial charge in [0, 0.05) is 5.57 Å². The fourth-order valence-corrected chi connectivity index (χ4v) is 1.87. The average Bonchev–Trinajstić information content (AvgIpc) is 2.42. The molecule has 1 amide bonds. The number of ether oxygens (including phenoxy) is 1. The number of carbonyl (C=O) groups excluding carboxylic acids is 2. The van der Waals surface area contributed by atoms with Crippen LogP contribution in [-0.2, 0) is 9.53 Å². The monoisotopic (exact) mass is 303 g/mol. The number of alkyl carbamates (subject to hydrolysis) is 1. The fraction of sp³-hybridized carbons (Fsp3) is 0.444. The zero-order valence-corrected chi connectivity index (χ0v) is 13.9. The van der Waals surface area contributed by atoms with Gasteiger partial charge in [-0.2, -0.15) is 0 Å². The van der Waals surface area contributed by atoms with Crippen LogP contribution in [0.2, 0.25) is 0 Å². The molecule has 0 aliphatic rings. The lowest BCUT2D eigenvalue weighted by atomic mass is 9.98. The molecule has 4 nitrogen and oxygen atoms in total. The van der Waals surface area contributed by atoms with Crippen LogP contribution < -0.4 is 5.32 Å². The number of allylic oxidation sites excluding steroid dienone is 1. The van der Waals surface area contributed by atoms with Crippen molar-refractivity contribution in [3.63, 3.8) is 0 Å². The highest BCUT2D eigenvalue weighted by Crippen LogP contribution is 2.16. The summed E-state index contributed by atoms with van der Waals surface area (Å²) in [4.78, 5) is 23.3. The van der Waals surface area contributed by atoms with E-state index in [9.17, 15) is 9.59 Å². The summed E-state index contributed by atoms with van der Waals surface area (Å²) in [5, 5.41) is 2.81. The second-order valence-corrected chi connectivity index (χ2v) is 6.52. The zero-order valence-electron chi connectivity index (χ0n) is 13.9. The molecular weight excluding hydrogens is 278 g/mol. The van der Waals surface area contributed by atoms with Crippen molar-refractivity contribution in [2.45, 2.75) is 46.3 Å². The molecule has 1 atom stereocenters. The van der Waals surface area contributed by atoms with Crippen LogP contribution >= 0.6 is 0 Å². The molecule has 4 heteroatoms. The van der Waals surface area contributed by atoms with Crippen molar-refractivity contribution in [2.24, 2.45) is 5.92 Å². The van der Waals surface area contributed by atoms with E-state index in [0.717, 1.165) is 11.8 Å². The van der Waals surface area contributed by atoms with Crippen molar-refractivity contribution >= 4 is 18.0 Å². The molecule has 1 aromatic carbocycles. The Morgan fingerprint density at radius 3 is 2.23 bits per heavy atom. The number of benzene rings is 1. The lowest BCUT2D eigenvalue weighted by molar-refractivity contribution is -0.103. The van der Waals surface area contributed by atoms with Crippen molar-refractivity contribution in [1.29, 1.82) is 0 Å². The fourth-order valence-electron chi connectivity index (χ4n) is 1.87. The maximum atomic E-state index is 11.9. The molecule has 0 aromatic heterocycles. The van der Waals surface area contributed by atoms with Gasteiger partial charge < -0.3 is 10.1 Å². The van der Waals surface area contributed by atoms with Gasteiger partial charge in [0.05, 0.1) is 6.04 Å². The number of carbonyl (C=O) groups is 2. The maximum absolute atomic E-state index is 11.9.